The van der Waals surface area contributed by atoms with Crippen LogP contribution in [-0.2, 0) is 14.3 Å². The Bertz CT molecular complexity index is 337. The van der Waals surface area contributed by atoms with Crippen molar-refractivity contribution in [2.45, 2.75) is 64.5 Å². The van der Waals surface area contributed by atoms with E-state index in [9.17, 15) is 9.59 Å². The number of esters is 1. The van der Waals surface area contributed by atoms with E-state index in [4.69, 9.17) is 4.74 Å². The zero-order chi connectivity index (χ0) is 15.2. The third-order valence-electron chi connectivity index (χ3n) is 3.43. The SMILES string of the molecule is CN1CCCCC1CNC(=O)CCC(=O)OC(C)(C)C. The molecule has 0 aromatic rings. The van der Waals surface area contributed by atoms with Crippen molar-refractivity contribution in [3.05, 3.63) is 0 Å². The van der Waals surface area contributed by atoms with Gasteiger partial charge in [-0.05, 0) is 47.2 Å². The minimum absolute atomic E-state index is 0.0742. The molecular weight excluding hydrogens is 256 g/mol. The van der Waals surface area contributed by atoms with Crippen molar-refractivity contribution in [3.8, 4) is 0 Å². The number of hydrogen-bond acceptors (Lipinski definition) is 4. The van der Waals surface area contributed by atoms with Crippen molar-refractivity contribution in [2.75, 3.05) is 20.1 Å². The molecule has 1 aliphatic rings. The topological polar surface area (TPSA) is 58.6 Å². The van der Waals surface area contributed by atoms with Crippen molar-refractivity contribution >= 4 is 11.9 Å². The maximum absolute atomic E-state index is 11.7. The third kappa shape index (κ3) is 6.89. The molecule has 0 aliphatic carbocycles. The monoisotopic (exact) mass is 284 g/mol. The number of ether oxygens (including phenoxy) is 1. The molecule has 0 saturated carbocycles. The van der Waals surface area contributed by atoms with Gasteiger partial charge in [-0.1, -0.05) is 6.42 Å². The number of carbonyl (C=O) groups excluding carboxylic acids is 2. The van der Waals surface area contributed by atoms with Crippen LogP contribution in [0.1, 0.15) is 52.9 Å². The Kier molecular flexibility index (Phi) is 6.46. The minimum Gasteiger partial charge on any atom is -0.460 e. The van der Waals surface area contributed by atoms with E-state index in [1.165, 1.54) is 12.8 Å². The van der Waals surface area contributed by atoms with Gasteiger partial charge in [-0.25, -0.2) is 0 Å². The largest absolute Gasteiger partial charge is 0.460 e. The molecule has 1 unspecified atom stereocenters. The number of amides is 1. The van der Waals surface area contributed by atoms with Gasteiger partial charge in [-0.15, -0.1) is 0 Å². The summed E-state index contributed by atoms with van der Waals surface area (Å²) in [5.41, 5.74) is -0.488. The molecule has 0 bridgehead atoms. The lowest BCUT2D eigenvalue weighted by Crippen LogP contribution is -2.44. The van der Waals surface area contributed by atoms with Gasteiger partial charge < -0.3 is 15.0 Å². The number of piperidine rings is 1. The standard InChI is InChI=1S/C15H28N2O3/c1-15(2,3)20-14(19)9-8-13(18)16-11-12-7-5-6-10-17(12)4/h12H,5-11H2,1-4H3,(H,16,18). The lowest BCUT2D eigenvalue weighted by atomic mass is 10.0. The molecule has 5 heteroatoms. The average Bonchev–Trinajstić information content (AvgIpc) is 2.33. The van der Waals surface area contributed by atoms with Gasteiger partial charge in [0.05, 0.1) is 6.42 Å². The summed E-state index contributed by atoms with van der Waals surface area (Å²) in [6.45, 7) is 7.24. The fourth-order valence-corrected chi connectivity index (χ4v) is 2.33. The van der Waals surface area contributed by atoms with E-state index in [1.807, 2.05) is 20.8 Å². The van der Waals surface area contributed by atoms with Crippen LogP contribution in [-0.4, -0.2) is 48.6 Å². The number of likely N-dealkylation sites (tertiary alicyclic amines) is 1. The first kappa shape index (κ1) is 17.0. The van der Waals surface area contributed by atoms with Gasteiger partial charge in [0.2, 0.25) is 5.91 Å². The highest BCUT2D eigenvalue weighted by Gasteiger charge is 2.20. The predicted octanol–water partition coefficient (Wildman–Crippen LogP) is 1.71. The maximum atomic E-state index is 11.7. The molecule has 1 heterocycles. The number of carbonyl (C=O) groups is 2. The van der Waals surface area contributed by atoms with Crippen molar-refractivity contribution in [3.63, 3.8) is 0 Å². The van der Waals surface area contributed by atoms with E-state index in [-0.39, 0.29) is 24.7 Å². The molecule has 20 heavy (non-hydrogen) atoms. The quantitative estimate of drug-likeness (QED) is 0.781. The van der Waals surface area contributed by atoms with Crippen LogP contribution in [0.3, 0.4) is 0 Å². The average molecular weight is 284 g/mol. The van der Waals surface area contributed by atoms with E-state index in [1.54, 1.807) is 0 Å². The normalized spacial score (nSPS) is 20.5. The van der Waals surface area contributed by atoms with Gasteiger partial charge in [0.25, 0.3) is 0 Å². The Hall–Kier alpha value is -1.10. The van der Waals surface area contributed by atoms with Crippen LogP contribution in [0.25, 0.3) is 0 Å². The summed E-state index contributed by atoms with van der Waals surface area (Å²) >= 11 is 0. The molecule has 5 nitrogen and oxygen atoms in total. The van der Waals surface area contributed by atoms with Crippen LogP contribution >= 0.6 is 0 Å². The summed E-state index contributed by atoms with van der Waals surface area (Å²) < 4.78 is 5.17. The zero-order valence-electron chi connectivity index (χ0n) is 13.2. The second kappa shape index (κ2) is 7.62. The van der Waals surface area contributed by atoms with Crippen molar-refractivity contribution < 1.29 is 14.3 Å². The molecule has 1 saturated heterocycles. The Balaban J connectivity index is 2.18. The highest BCUT2D eigenvalue weighted by atomic mass is 16.6. The molecule has 1 N–H and O–H groups in total. The molecule has 0 spiro atoms. The van der Waals surface area contributed by atoms with Gasteiger partial charge in [-0.3, -0.25) is 9.59 Å². The highest BCUT2D eigenvalue weighted by molar-refractivity contribution is 5.81. The minimum atomic E-state index is -0.488. The fraction of sp³-hybridized carbons (Fsp3) is 0.867. The Morgan fingerprint density at radius 2 is 1.95 bits per heavy atom. The molecular formula is C15H28N2O3. The first-order valence-electron chi connectivity index (χ1n) is 7.47. The highest BCUT2D eigenvalue weighted by Crippen LogP contribution is 2.14. The molecule has 116 valence electrons. The Labute approximate surface area is 122 Å². The van der Waals surface area contributed by atoms with E-state index in [0.717, 1.165) is 13.0 Å². The summed E-state index contributed by atoms with van der Waals surface area (Å²) in [4.78, 5) is 25.5. The van der Waals surface area contributed by atoms with Gasteiger partial charge >= 0.3 is 5.97 Å². The zero-order valence-corrected chi connectivity index (χ0v) is 13.2. The van der Waals surface area contributed by atoms with Crippen LogP contribution in [0.15, 0.2) is 0 Å². The molecule has 1 atom stereocenters. The summed E-state index contributed by atoms with van der Waals surface area (Å²) in [6.07, 6.45) is 3.93. The summed E-state index contributed by atoms with van der Waals surface area (Å²) in [6, 6.07) is 0.425. The molecule has 0 radical (unpaired) electrons. The van der Waals surface area contributed by atoms with Crippen LogP contribution in [0.2, 0.25) is 0 Å². The Morgan fingerprint density at radius 1 is 1.25 bits per heavy atom. The first-order valence-corrected chi connectivity index (χ1v) is 7.47. The van der Waals surface area contributed by atoms with Crippen molar-refractivity contribution in [2.24, 2.45) is 0 Å². The van der Waals surface area contributed by atoms with Crippen molar-refractivity contribution in [1.82, 2.24) is 10.2 Å². The van der Waals surface area contributed by atoms with E-state index < -0.39 is 5.60 Å². The third-order valence-corrected chi connectivity index (χ3v) is 3.43. The number of nitrogens with zero attached hydrogens (tertiary/aromatic N) is 1. The molecule has 1 rings (SSSR count). The van der Waals surface area contributed by atoms with Gasteiger partial charge in [0.1, 0.15) is 5.60 Å². The fourth-order valence-electron chi connectivity index (χ4n) is 2.33. The molecule has 1 aliphatic heterocycles. The van der Waals surface area contributed by atoms with Crippen LogP contribution in [0.5, 0.6) is 0 Å². The lowest BCUT2D eigenvalue weighted by Gasteiger charge is -2.32. The number of likely N-dealkylation sites (N-methyl/N-ethyl adjacent to an activating group) is 1. The summed E-state index contributed by atoms with van der Waals surface area (Å²) in [7, 11) is 2.09. The second-order valence-electron chi connectivity index (χ2n) is 6.52. The van der Waals surface area contributed by atoms with E-state index >= 15 is 0 Å². The van der Waals surface area contributed by atoms with Crippen LogP contribution in [0.4, 0.5) is 0 Å². The van der Waals surface area contributed by atoms with Gasteiger partial charge in [-0.2, -0.15) is 0 Å². The number of rotatable bonds is 5. The van der Waals surface area contributed by atoms with Crippen LogP contribution < -0.4 is 5.32 Å². The maximum Gasteiger partial charge on any atom is 0.306 e. The molecule has 1 fully saturated rings. The summed E-state index contributed by atoms with van der Waals surface area (Å²) in [5, 5.41) is 2.91. The lowest BCUT2D eigenvalue weighted by molar-refractivity contribution is -0.155. The van der Waals surface area contributed by atoms with E-state index in [2.05, 4.69) is 17.3 Å². The smallest absolute Gasteiger partial charge is 0.306 e. The second-order valence-corrected chi connectivity index (χ2v) is 6.52. The van der Waals surface area contributed by atoms with Crippen molar-refractivity contribution in [1.29, 1.82) is 0 Å². The van der Waals surface area contributed by atoms with E-state index in [0.29, 0.717) is 12.6 Å². The summed E-state index contributed by atoms with van der Waals surface area (Å²) in [5.74, 6) is -0.391. The van der Waals surface area contributed by atoms with Gasteiger partial charge in [0, 0.05) is 19.0 Å². The number of nitrogens with one attached hydrogen (secondary N) is 1. The molecule has 0 aromatic heterocycles. The molecule has 0 aromatic carbocycles. The first-order chi connectivity index (χ1) is 9.28. The van der Waals surface area contributed by atoms with Crippen LogP contribution in [0, 0.1) is 0 Å². The van der Waals surface area contributed by atoms with Gasteiger partial charge in [0.15, 0.2) is 0 Å². The molecule has 1 amide bonds. The Morgan fingerprint density at radius 3 is 2.55 bits per heavy atom. The predicted molar refractivity (Wildman–Crippen MR) is 78.4 cm³/mol. The number of hydrogen-bond donors (Lipinski definition) is 1.